The molecule has 0 saturated carbocycles. The van der Waals surface area contributed by atoms with E-state index in [0.717, 1.165) is 64.0 Å². The topological polar surface area (TPSA) is 58.1 Å². The van der Waals surface area contributed by atoms with Gasteiger partial charge < -0.3 is 25.0 Å². The van der Waals surface area contributed by atoms with Gasteiger partial charge in [0.15, 0.2) is 5.96 Å². The van der Waals surface area contributed by atoms with Crippen LogP contribution in [0.5, 0.6) is 5.75 Å². The molecule has 158 valence electrons. The SMILES string of the molecule is CCNC(=NCC1CCN(CCOC)CC1)NCCc1cc(C)ccc1OC. The second kappa shape index (κ2) is 12.6. The first-order valence-corrected chi connectivity index (χ1v) is 10.5. The van der Waals surface area contributed by atoms with E-state index in [0.29, 0.717) is 5.92 Å². The van der Waals surface area contributed by atoms with Crippen LogP contribution in [-0.4, -0.2) is 71.0 Å². The minimum atomic E-state index is 0.672. The van der Waals surface area contributed by atoms with Gasteiger partial charge in [0.25, 0.3) is 0 Å². The Morgan fingerprint density at radius 1 is 1.21 bits per heavy atom. The minimum Gasteiger partial charge on any atom is -0.496 e. The quantitative estimate of drug-likeness (QED) is 0.475. The van der Waals surface area contributed by atoms with E-state index in [1.165, 1.54) is 24.0 Å². The zero-order valence-electron chi connectivity index (χ0n) is 18.1. The first kappa shape index (κ1) is 22.5. The Bertz CT molecular complexity index is 598. The summed E-state index contributed by atoms with van der Waals surface area (Å²) in [6, 6.07) is 6.33. The van der Waals surface area contributed by atoms with Crippen molar-refractivity contribution in [1.82, 2.24) is 15.5 Å². The summed E-state index contributed by atoms with van der Waals surface area (Å²) in [6.07, 6.45) is 3.34. The Balaban J connectivity index is 1.79. The van der Waals surface area contributed by atoms with Gasteiger partial charge in [0.1, 0.15) is 5.75 Å². The van der Waals surface area contributed by atoms with Gasteiger partial charge >= 0.3 is 0 Å². The molecule has 0 atom stereocenters. The van der Waals surface area contributed by atoms with Gasteiger partial charge in [-0.15, -0.1) is 0 Å². The zero-order chi connectivity index (χ0) is 20.2. The van der Waals surface area contributed by atoms with Crippen molar-refractivity contribution in [3.05, 3.63) is 29.3 Å². The van der Waals surface area contributed by atoms with Gasteiger partial charge in [0, 0.05) is 33.3 Å². The average Bonchev–Trinajstić information content (AvgIpc) is 2.71. The number of benzene rings is 1. The molecule has 28 heavy (non-hydrogen) atoms. The van der Waals surface area contributed by atoms with Gasteiger partial charge in [-0.2, -0.15) is 0 Å². The predicted octanol–water partition coefficient (Wildman–Crippen LogP) is 2.46. The van der Waals surface area contributed by atoms with E-state index >= 15 is 0 Å². The molecule has 2 rings (SSSR count). The van der Waals surface area contributed by atoms with E-state index < -0.39 is 0 Å². The van der Waals surface area contributed by atoms with Crippen molar-refractivity contribution in [2.75, 3.05) is 60.1 Å². The average molecular weight is 391 g/mol. The highest BCUT2D eigenvalue weighted by Gasteiger charge is 2.18. The lowest BCUT2D eigenvalue weighted by molar-refractivity contribution is 0.121. The molecular formula is C22H38N4O2. The number of nitrogens with zero attached hydrogens (tertiary/aromatic N) is 2. The third-order valence-corrected chi connectivity index (χ3v) is 5.29. The Morgan fingerprint density at radius 2 is 2.00 bits per heavy atom. The van der Waals surface area contributed by atoms with E-state index in [4.69, 9.17) is 14.5 Å². The van der Waals surface area contributed by atoms with Crippen molar-refractivity contribution in [2.24, 2.45) is 10.9 Å². The molecule has 6 nitrogen and oxygen atoms in total. The minimum absolute atomic E-state index is 0.672. The van der Waals surface area contributed by atoms with Crippen molar-refractivity contribution in [3.63, 3.8) is 0 Å². The normalized spacial score (nSPS) is 16.2. The van der Waals surface area contributed by atoms with Crippen LogP contribution in [-0.2, 0) is 11.2 Å². The van der Waals surface area contributed by atoms with Crippen LogP contribution in [0.4, 0.5) is 0 Å². The Hall–Kier alpha value is -1.79. The maximum absolute atomic E-state index is 5.48. The highest BCUT2D eigenvalue weighted by molar-refractivity contribution is 5.79. The number of nitrogens with one attached hydrogen (secondary N) is 2. The van der Waals surface area contributed by atoms with Crippen molar-refractivity contribution >= 4 is 5.96 Å². The van der Waals surface area contributed by atoms with E-state index in [9.17, 15) is 0 Å². The summed E-state index contributed by atoms with van der Waals surface area (Å²) in [6.45, 7) is 11.0. The van der Waals surface area contributed by atoms with Crippen LogP contribution in [0.3, 0.4) is 0 Å². The zero-order valence-corrected chi connectivity index (χ0v) is 18.1. The molecule has 2 N–H and O–H groups in total. The van der Waals surface area contributed by atoms with Crippen LogP contribution >= 0.6 is 0 Å². The lowest BCUT2D eigenvalue weighted by Crippen LogP contribution is -2.40. The lowest BCUT2D eigenvalue weighted by Gasteiger charge is -2.31. The van der Waals surface area contributed by atoms with Crippen molar-refractivity contribution in [3.8, 4) is 5.75 Å². The smallest absolute Gasteiger partial charge is 0.191 e. The summed E-state index contributed by atoms with van der Waals surface area (Å²) < 4.78 is 10.7. The maximum Gasteiger partial charge on any atom is 0.191 e. The largest absolute Gasteiger partial charge is 0.496 e. The monoisotopic (exact) mass is 390 g/mol. The number of aryl methyl sites for hydroxylation is 1. The van der Waals surface area contributed by atoms with Crippen molar-refractivity contribution < 1.29 is 9.47 Å². The van der Waals surface area contributed by atoms with Gasteiger partial charge in [-0.1, -0.05) is 17.7 Å². The molecule has 6 heteroatoms. The standard InChI is InChI=1S/C22H38N4O2/c1-5-23-22(24-11-8-20-16-18(2)6-7-21(20)28-4)25-17-19-9-12-26(13-10-19)14-15-27-3/h6-7,16,19H,5,8-15,17H2,1-4H3,(H2,23,24,25). The molecule has 1 aliphatic rings. The van der Waals surface area contributed by atoms with Crippen LogP contribution in [0.1, 0.15) is 30.9 Å². The molecule has 0 unspecified atom stereocenters. The molecule has 1 aromatic rings. The number of guanidine groups is 1. The molecule has 0 amide bonds. The van der Waals surface area contributed by atoms with E-state index in [1.54, 1.807) is 14.2 Å². The number of likely N-dealkylation sites (tertiary alicyclic amines) is 1. The van der Waals surface area contributed by atoms with E-state index in [1.807, 2.05) is 6.07 Å². The molecule has 0 spiro atoms. The summed E-state index contributed by atoms with van der Waals surface area (Å²) in [7, 11) is 3.50. The van der Waals surface area contributed by atoms with E-state index in [2.05, 4.69) is 41.5 Å². The predicted molar refractivity (Wildman–Crippen MR) is 116 cm³/mol. The molecule has 1 aliphatic heterocycles. The van der Waals surface area contributed by atoms with Crippen LogP contribution in [0.15, 0.2) is 23.2 Å². The molecule has 0 aliphatic carbocycles. The number of ether oxygens (including phenoxy) is 2. The fourth-order valence-electron chi connectivity index (χ4n) is 3.59. The molecular weight excluding hydrogens is 352 g/mol. The van der Waals surface area contributed by atoms with Crippen LogP contribution in [0.2, 0.25) is 0 Å². The summed E-state index contributed by atoms with van der Waals surface area (Å²) in [5.74, 6) is 2.54. The third-order valence-electron chi connectivity index (χ3n) is 5.29. The van der Waals surface area contributed by atoms with Crippen LogP contribution < -0.4 is 15.4 Å². The Kier molecular flexibility index (Phi) is 10.1. The second-order valence-corrected chi connectivity index (χ2v) is 7.49. The summed E-state index contributed by atoms with van der Waals surface area (Å²) in [5, 5.41) is 6.84. The van der Waals surface area contributed by atoms with Crippen LogP contribution in [0.25, 0.3) is 0 Å². The highest BCUT2D eigenvalue weighted by atomic mass is 16.5. The molecule has 1 aromatic carbocycles. The van der Waals surface area contributed by atoms with Gasteiger partial charge in [-0.25, -0.2) is 0 Å². The maximum atomic E-state index is 5.48. The number of rotatable bonds is 10. The summed E-state index contributed by atoms with van der Waals surface area (Å²) in [4.78, 5) is 7.32. The Labute approximate surface area is 170 Å². The fraction of sp³-hybridized carbons (Fsp3) is 0.682. The number of aliphatic imine (C=N–C) groups is 1. The highest BCUT2D eigenvalue weighted by Crippen LogP contribution is 2.20. The molecule has 1 fully saturated rings. The van der Waals surface area contributed by atoms with Crippen LogP contribution in [0, 0.1) is 12.8 Å². The summed E-state index contributed by atoms with van der Waals surface area (Å²) in [5.41, 5.74) is 2.49. The number of hydrogen-bond acceptors (Lipinski definition) is 4. The number of piperidine rings is 1. The van der Waals surface area contributed by atoms with E-state index in [-0.39, 0.29) is 0 Å². The van der Waals surface area contributed by atoms with Gasteiger partial charge in [-0.3, -0.25) is 4.99 Å². The first-order valence-electron chi connectivity index (χ1n) is 10.5. The number of methoxy groups -OCH3 is 2. The van der Waals surface area contributed by atoms with Gasteiger partial charge in [0.05, 0.1) is 13.7 Å². The second-order valence-electron chi connectivity index (χ2n) is 7.49. The summed E-state index contributed by atoms with van der Waals surface area (Å²) >= 11 is 0. The molecule has 0 radical (unpaired) electrons. The molecule has 0 bridgehead atoms. The Morgan fingerprint density at radius 3 is 2.68 bits per heavy atom. The number of hydrogen-bond donors (Lipinski definition) is 2. The third kappa shape index (κ3) is 7.68. The van der Waals surface area contributed by atoms with Gasteiger partial charge in [0.2, 0.25) is 0 Å². The molecule has 1 saturated heterocycles. The van der Waals surface area contributed by atoms with Crippen molar-refractivity contribution in [1.29, 1.82) is 0 Å². The fourth-order valence-corrected chi connectivity index (χ4v) is 3.59. The lowest BCUT2D eigenvalue weighted by atomic mass is 9.97. The molecule has 0 aromatic heterocycles. The first-order chi connectivity index (χ1) is 13.7. The van der Waals surface area contributed by atoms with Gasteiger partial charge in [-0.05, 0) is 63.7 Å². The van der Waals surface area contributed by atoms with Crippen molar-refractivity contribution in [2.45, 2.75) is 33.1 Å². The molecule has 1 heterocycles.